The van der Waals surface area contributed by atoms with Crippen LogP contribution in [0.4, 0.5) is 5.69 Å². The van der Waals surface area contributed by atoms with Crippen molar-refractivity contribution in [3.8, 4) is 28.7 Å². The van der Waals surface area contributed by atoms with Crippen LogP contribution in [0.15, 0.2) is 97.1 Å². The highest BCUT2D eigenvalue weighted by molar-refractivity contribution is 7.49. The average Bonchev–Trinajstić information content (AvgIpc) is 3.08. The molecule has 47 heavy (non-hydrogen) atoms. The van der Waals surface area contributed by atoms with E-state index < -0.39 is 36.4 Å². The van der Waals surface area contributed by atoms with E-state index in [1.165, 1.54) is 61.7 Å². The fourth-order valence-electron chi connectivity index (χ4n) is 4.18. The normalized spacial score (nSPS) is 11.6. The van der Waals surface area contributed by atoms with E-state index in [0.29, 0.717) is 6.54 Å². The SMILES string of the molecule is CCCCNC(=O)c1ccc(Oc2ccc(C(OP(=O)(Oc3ccccc3)Oc3ccccc3)C(=O)OC)cc2OC)c([N+](=O)[O-])c1. The summed E-state index contributed by atoms with van der Waals surface area (Å²) in [5.41, 5.74) is -0.240. The lowest BCUT2D eigenvalue weighted by Crippen LogP contribution is -2.24. The van der Waals surface area contributed by atoms with Crippen molar-refractivity contribution in [2.45, 2.75) is 25.9 Å². The summed E-state index contributed by atoms with van der Waals surface area (Å²) in [6, 6.07) is 24.2. The summed E-state index contributed by atoms with van der Waals surface area (Å²) in [5.74, 6) is -1.16. The molecule has 0 aliphatic carbocycles. The Balaban J connectivity index is 1.65. The molecule has 0 aromatic heterocycles. The minimum Gasteiger partial charge on any atom is -0.493 e. The van der Waals surface area contributed by atoms with Crippen molar-refractivity contribution in [2.75, 3.05) is 20.8 Å². The van der Waals surface area contributed by atoms with E-state index in [1.54, 1.807) is 36.4 Å². The van der Waals surface area contributed by atoms with E-state index in [0.717, 1.165) is 26.0 Å². The van der Waals surface area contributed by atoms with E-state index in [4.69, 9.17) is 27.8 Å². The van der Waals surface area contributed by atoms with Crippen molar-refractivity contribution in [1.29, 1.82) is 0 Å². The van der Waals surface area contributed by atoms with Gasteiger partial charge in [0.2, 0.25) is 5.75 Å². The number of carbonyl (C=O) groups is 2. The van der Waals surface area contributed by atoms with Gasteiger partial charge in [0, 0.05) is 18.2 Å². The Bertz CT molecular complexity index is 1690. The molecule has 1 N–H and O–H groups in total. The van der Waals surface area contributed by atoms with Crippen LogP contribution in [0.3, 0.4) is 0 Å². The first-order valence-electron chi connectivity index (χ1n) is 14.4. The zero-order chi connectivity index (χ0) is 33.8. The highest BCUT2D eigenvalue weighted by Gasteiger charge is 2.39. The van der Waals surface area contributed by atoms with Gasteiger partial charge in [-0.25, -0.2) is 13.9 Å². The van der Waals surface area contributed by atoms with E-state index in [9.17, 15) is 24.3 Å². The van der Waals surface area contributed by atoms with Gasteiger partial charge in [0.1, 0.15) is 11.5 Å². The van der Waals surface area contributed by atoms with Crippen LogP contribution in [0.5, 0.6) is 28.7 Å². The minimum atomic E-state index is -4.56. The van der Waals surface area contributed by atoms with Crippen molar-refractivity contribution < 1.29 is 46.9 Å². The average molecular weight is 665 g/mol. The molecular weight excluding hydrogens is 631 g/mol. The summed E-state index contributed by atoms with van der Waals surface area (Å²) in [7, 11) is -2.12. The molecule has 0 bridgehead atoms. The molecule has 1 unspecified atom stereocenters. The Labute approximate surface area is 271 Å². The molecule has 0 aliphatic rings. The molecule has 1 atom stereocenters. The Kier molecular flexibility index (Phi) is 11.9. The fraction of sp³-hybridized carbons (Fsp3) is 0.212. The number of nitro benzene ring substituents is 1. The van der Waals surface area contributed by atoms with Crippen molar-refractivity contribution in [1.82, 2.24) is 5.32 Å². The highest BCUT2D eigenvalue weighted by atomic mass is 31.2. The first-order chi connectivity index (χ1) is 22.7. The summed E-state index contributed by atoms with van der Waals surface area (Å²) >= 11 is 0. The molecule has 0 saturated carbocycles. The number of carbonyl (C=O) groups excluding carboxylic acids is 2. The molecule has 0 saturated heterocycles. The van der Waals surface area contributed by atoms with Gasteiger partial charge in [-0.2, -0.15) is 0 Å². The third kappa shape index (κ3) is 9.32. The number of para-hydroxylation sites is 2. The molecule has 0 radical (unpaired) electrons. The lowest BCUT2D eigenvalue weighted by atomic mass is 10.1. The van der Waals surface area contributed by atoms with Gasteiger partial charge in [0.25, 0.3) is 5.91 Å². The largest absolute Gasteiger partial charge is 0.588 e. The zero-order valence-electron chi connectivity index (χ0n) is 25.8. The van der Waals surface area contributed by atoms with Gasteiger partial charge in [-0.15, -0.1) is 0 Å². The van der Waals surface area contributed by atoms with Gasteiger partial charge in [-0.1, -0.05) is 55.8 Å². The standard InChI is InChI=1S/C33H33N2O11P/c1-4-5-20-34-32(36)24-17-18-28(27(21-24)35(38)39)43-29-19-16-23(22-30(29)41-2)31(33(37)42-3)46-47(40,44-25-12-8-6-9-13-25)45-26-14-10-7-11-15-26/h6-19,21-22,31H,4-5,20H2,1-3H3,(H,34,36). The number of nitrogens with zero attached hydrogens (tertiary/aromatic N) is 1. The third-order valence-electron chi connectivity index (χ3n) is 6.51. The number of esters is 1. The van der Waals surface area contributed by atoms with Crippen LogP contribution in [0.25, 0.3) is 0 Å². The number of hydrogen-bond donors (Lipinski definition) is 1. The predicted octanol–water partition coefficient (Wildman–Crippen LogP) is 7.42. The molecule has 4 aromatic rings. The van der Waals surface area contributed by atoms with Gasteiger partial charge < -0.3 is 28.6 Å². The number of amides is 1. The molecule has 0 spiro atoms. The Hall–Kier alpha value is -5.39. The van der Waals surface area contributed by atoms with Crippen LogP contribution in [-0.2, 0) is 18.6 Å². The number of phosphoric acid groups is 1. The number of hydrogen-bond acceptors (Lipinski definition) is 11. The third-order valence-corrected chi connectivity index (χ3v) is 7.85. The molecule has 0 fully saturated rings. The van der Waals surface area contributed by atoms with Crippen LogP contribution in [0.2, 0.25) is 0 Å². The molecule has 246 valence electrons. The Morgan fingerprint density at radius 2 is 1.47 bits per heavy atom. The van der Waals surface area contributed by atoms with Crippen molar-refractivity contribution in [2.24, 2.45) is 0 Å². The maximum Gasteiger partial charge on any atom is 0.588 e. The predicted molar refractivity (Wildman–Crippen MR) is 171 cm³/mol. The number of rotatable bonds is 16. The maximum absolute atomic E-state index is 14.0. The number of benzene rings is 4. The van der Waals surface area contributed by atoms with Crippen molar-refractivity contribution in [3.05, 3.63) is 118 Å². The quantitative estimate of drug-likeness (QED) is 0.0417. The van der Waals surface area contributed by atoms with Gasteiger partial charge >= 0.3 is 19.5 Å². The molecular formula is C33H33N2O11P. The number of methoxy groups -OCH3 is 2. The lowest BCUT2D eigenvalue weighted by Gasteiger charge is -2.24. The van der Waals surface area contributed by atoms with Crippen molar-refractivity contribution >= 4 is 25.4 Å². The first kappa shape index (κ1) is 34.5. The summed E-state index contributed by atoms with van der Waals surface area (Å²) in [6.45, 7) is 2.42. The molecule has 4 aromatic carbocycles. The highest BCUT2D eigenvalue weighted by Crippen LogP contribution is 2.53. The number of nitrogens with one attached hydrogen (secondary N) is 1. The Morgan fingerprint density at radius 3 is 2.02 bits per heavy atom. The molecule has 0 aliphatic heterocycles. The van der Waals surface area contributed by atoms with E-state index in [-0.39, 0.29) is 39.9 Å². The number of phosphoric ester groups is 1. The van der Waals surface area contributed by atoms with Gasteiger partial charge in [-0.3, -0.25) is 14.9 Å². The van der Waals surface area contributed by atoms with Crippen LogP contribution in [0, 0.1) is 10.1 Å². The molecule has 14 heteroatoms. The summed E-state index contributed by atoms with van der Waals surface area (Å²) in [6.07, 6.45) is 0.00783. The second-order valence-corrected chi connectivity index (χ2v) is 11.3. The number of ether oxygens (including phenoxy) is 3. The Morgan fingerprint density at radius 1 is 0.851 bits per heavy atom. The van der Waals surface area contributed by atoms with Crippen LogP contribution >= 0.6 is 7.82 Å². The van der Waals surface area contributed by atoms with Gasteiger partial charge in [0.15, 0.2) is 17.6 Å². The molecule has 4 rings (SSSR count). The first-order valence-corrected chi connectivity index (χ1v) is 15.9. The van der Waals surface area contributed by atoms with Gasteiger partial charge in [0.05, 0.1) is 19.1 Å². The van der Waals surface area contributed by atoms with Crippen molar-refractivity contribution in [3.63, 3.8) is 0 Å². The second kappa shape index (κ2) is 16.3. The number of nitro groups is 1. The minimum absolute atomic E-state index is 0.0346. The second-order valence-electron chi connectivity index (χ2n) is 9.83. The molecule has 1 amide bonds. The van der Waals surface area contributed by atoms with E-state index in [1.807, 2.05) is 6.92 Å². The maximum atomic E-state index is 14.0. The summed E-state index contributed by atoms with van der Waals surface area (Å²) in [4.78, 5) is 36.7. The summed E-state index contributed by atoms with van der Waals surface area (Å²) in [5, 5.41) is 14.6. The molecule has 0 heterocycles. The van der Waals surface area contributed by atoms with E-state index >= 15 is 0 Å². The zero-order valence-corrected chi connectivity index (χ0v) is 26.7. The smallest absolute Gasteiger partial charge is 0.493 e. The van der Waals surface area contributed by atoms with Gasteiger partial charge in [-0.05, 0) is 60.5 Å². The van der Waals surface area contributed by atoms with Crippen LogP contribution in [0.1, 0.15) is 41.8 Å². The van der Waals surface area contributed by atoms with Crippen LogP contribution < -0.4 is 23.8 Å². The molecule has 13 nitrogen and oxygen atoms in total. The fourth-order valence-corrected chi connectivity index (χ4v) is 5.53. The lowest BCUT2D eigenvalue weighted by molar-refractivity contribution is -0.385. The van der Waals surface area contributed by atoms with E-state index in [2.05, 4.69) is 5.32 Å². The van der Waals surface area contributed by atoms with Crippen LogP contribution in [-0.4, -0.2) is 37.6 Å². The number of unbranched alkanes of at least 4 members (excludes halogenated alkanes) is 1. The summed E-state index contributed by atoms with van der Waals surface area (Å²) < 4.78 is 47.4. The monoisotopic (exact) mass is 664 g/mol. The topological polar surface area (TPSA) is 162 Å².